The molecule has 1 unspecified atom stereocenters. The van der Waals surface area contributed by atoms with E-state index in [2.05, 4.69) is 26.0 Å². The molecule has 1 aromatic rings. The highest BCUT2D eigenvalue weighted by atomic mass is 79.9. The summed E-state index contributed by atoms with van der Waals surface area (Å²) >= 11 is 8.87. The van der Waals surface area contributed by atoms with Crippen LogP contribution in [0.25, 0.3) is 0 Å². The van der Waals surface area contributed by atoms with Crippen LogP contribution in [0.2, 0.25) is 5.02 Å². The quantitative estimate of drug-likeness (QED) is 0.809. The normalized spacial score (nSPS) is 19.4. The van der Waals surface area contributed by atoms with E-state index in [1.165, 1.54) is 0 Å². The van der Waals surface area contributed by atoms with Gasteiger partial charge >= 0.3 is 0 Å². The van der Waals surface area contributed by atoms with E-state index in [-0.39, 0.29) is 32.8 Å². The summed E-state index contributed by atoms with van der Waals surface area (Å²) in [5.41, 5.74) is 0. The van der Waals surface area contributed by atoms with E-state index in [4.69, 9.17) is 11.6 Å². The molecule has 1 saturated heterocycles. The minimum Gasteiger partial charge on any atom is -0.315 e. The summed E-state index contributed by atoms with van der Waals surface area (Å²) in [6, 6.07) is 1.89. The lowest BCUT2D eigenvalue weighted by Crippen LogP contribution is -2.45. The molecule has 1 atom stereocenters. The Labute approximate surface area is 137 Å². The van der Waals surface area contributed by atoms with E-state index >= 15 is 0 Å². The first-order chi connectivity index (χ1) is 8.90. The van der Waals surface area contributed by atoms with Gasteiger partial charge in [0.2, 0.25) is 10.0 Å². The van der Waals surface area contributed by atoms with Crippen LogP contribution in [0, 0.1) is 5.82 Å². The molecule has 0 aromatic heterocycles. The van der Waals surface area contributed by atoms with Gasteiger partial charge in [0.1, 0.15) is 10.7 Å². The van der Waals surface area contributed by atoms with Gasteiger partial charge in [-0.1, -0.05) is 11.6 Å². The molecule has 0 radical (unpaired) electrons. The second-order valence-electron chi connectivity index (χ2n) is 4.36. The molecule has 1 aliphatic heterocycles. The number of hydrogen-bond acceptors (Lipinski definition) is 3. The lowest BCUT2D eigenvalue weighted by Gasteiger charge is -2.24. The topological polar surface area (TPSA) is 58.2 Å². The SMILES string of the molecule is Cl.O=S(=O)(NC1CCCNC1)c1c(Cl)cc(F)cc1Br. The van der Waals surface area contributed by atoms with Gasteiger partial charge in [-0.15, -0.1) is 12.4 Å². The van der Waals surface area contributed by atoms with Gasteiger partial charge in [-0.3, -0.25) is 0 Å². The Hall–Kier alpha value is 0.0800. The molecular formula is C11H14BrCl2FN2O2S. The van der Waals surface area contributed by atoms with Crippen molar-refractivity contribution in [3.8, 4) is 0 Å². The van der Waals surface area contributed by atoms with Gasteiger partial charge in [0.05, 0.1) is 5.02 Å². The Kier molecular flexibility index (Phi) is 6.69. The standard InChI is InChI=1S/C11H13BrClFN2O2S.ClH/c12-9-4-7(14)5-10(13)11(9)19(17,18)16-8-2-1-3-15-6-8;/h4-5,8,15-16H,1-3,6H2;1H. The van der Waals surface area contributed by atoms with Crippen molar-refractivity contribution in [2.45, 2.75) is 23.8 Å². The van der Waals surface area contributed by atoms with Gasteiger partial charge in [-0.2, -0.15) is 0 Å². The number of nitrogens with one attached hydrogen (secondary N) is 2. The average Bonchev–Trinajstić information content (AvgIpc) is 2.27. The van der Waals surface area contributed by atoms with Gasteiger partial charge in [0.15, 0.2) is 0 Å². The minimum atomic E-state index is -3.77. The molecule has 1 fully saturated rings. The lowest BCUT2D eigenvalue weighted by atomic mass is 10.1. The number of rotatable bonds is 3. The predicted octanol–water partition coefficient (Wildman–Crippen LogP) is 2.69. The predicted molar refractivity (Wildman–Crippen MR) is 82.6 cm³/mol. The first-order valence-electron chi connectivity index (χ1n) is 5.78. The smallest absolute Gasteiger partial charge is 0.243 e. The Morgan fingerprint density at radius 2 is 2.15 bits per heavy atom. The summed E-state index contributed by atoms with van der Waals surface area (Å²) in [7, 11) is -3.77. The molecular weight excluding hydrogens is 394 g/mol. The summed E-state index contributed by atoms with van der Waals surface area (Å²) in [5.74, 6) is -0.588. The second kappa shape index (κ2) is 7.38. The van der Waals surface area contributed by atoms with E-state index in [9.17, 15) is 12.8 Å². The summed E-state index contributed by atoms with van der Waals surface area (Å²) < 4.78 is 40.4. The minimum absolute atomic E-state index is 0. The van der Waals surface area contributed by atoms with Gasteiger partial charge in [0, 0.05) is 17.1 Å². The van der Waals surface area contributed by atoms with Crippen molar-refractivity contribution in [2.75, 3.05) is 13.1 Å². The first-order valence-corrected chi connectivity index (χ1v) is 8.43. The molecule has 20 heavy (non-hydrogen) atoms. The molecule has 4 nitrogen and oxygen atoms in total. The van der Waals surface area contributed by atoms with Crippen molar-refractivity contribution in [1.29, 1.82) is 0 Å². The molecule has 2 N–H and O–H groups in total. The highest BCUT2D eigenvalue weighted by Gasteiger charge is 2.26. The van der Waals surface area contributed by atoms with Gasteiger partial charge < -0.3 is 5.32 Å². The van der Waals surface area contributed by atoms with Crippen LogP contribution >= 0.6 is 39.9 Å². The van der Waals surface area contributed by atoms with Crippen molar-refractivity contribution < 1.29 is 12.8 Å². The maximum atomic E-state index is 13.1. The molecule has 1 aromatic carbocycles. The molecule has 0 saturated carbocycles. The van der Waals surface area contributed by atoms with Crippen molar-refractivity contribution in [1.82, 2.24) is 10.0 Å². The number of hydrogen-bond donors (Lipinski definition) is 2. The summed E-state index contributed by atoms with van der Waals surface area (Å²) in [4.78, 5) is -0.124. The van der Waals surface area contributed by atoms with Crippen LogP contribution in [0.1, 0.15) is 12.8 Å². The Balaban J connectivity index is 0.00000200. The van der Waals surface area contributed by atoms with E-state index in [0.29, 0.717) is 6.54 Å². The zero-order valence-corrected chi connectivity index (χ0v) is 14.3. The van der Waals surface area contributed by atoms with Gasteiger partial charge in [0.25, 0.3) is 0 Å². The molecule has 1 heterocycles. The van der Waals surface area contributed by atoms with Crippen LogP contribution in [0.15, 0.2) is 21.5 Å². The Morgan fingerprint density at radius 3 is 2.70 bits per heavy atom. The zero-order valence-electron chi connectivity index (χ0n) is 10.3. The average molecular weight is 408 g/mol. The number of benzene rings is 1. The molecule has 0 spiro atoms. The van der Waals surface area contributed by atoms with Crippen molar-refractivity contribution >= 4 is 50.0 Å². The van der Waals surface area contributed by atoms with Crippen molar-refractivity contribution in [3.63, 3.8) is 0 Å². The molecule has 114 valence electrons. The van der Waals surface area contributed by atoms with Crippen LogP contribution in [-0.4, -0.2) is 27.5 Å². The lowest BCUT2D eigenvalue weighted by molar-refractivity contribution is 0.428. The molecule has 1 aliphatic rings. The van der Waals surface area contributed by atoms with E-state index < -0.39 is 15.8 Å². The highest BCUT2D eigenvalue weighted by molar-refractivity contribution is 9.10. The van der Waals surface area contributed by atoms with Crippen LogP contribution in [0.4, 0.5) is 4.39 Å². The monoisotopic (exact) mass is 406 g/mol. The summed E-state index contributed by atoms with van der Waals surface area (Å²) in [6.07, 6.45) is 1.67. The number of halogens is 4. The van der Waals surface area contributed by atoms with Gasteiger partial charge in [-0.05, 0) is 47.4 Å². The fourth-order valence-electron chi connectivity index (χ4n) is 2.02. The zero-order chi connectivity index (χ0) is 14.0. The maximum absolute atomic E-state index is 13.1. The second-order valence-corrected chi connectivity index (χ2v) is 7.28. The summed E-state index contributed by atoms with van der Waals surface area (Å²) in [6.45, 7) is 1.47. The fraction of sp³-hybridized carbons (Fsp3) is 0.455. The van der Waals surface area contributed by atoms with Crippen molar-refractivity contribution in [3.05, 3.63) is 27.4 Å². The van der Waals surface area contributed by atoms with Crippen LogP contribution in [0.3, 0.4) is 0 Å². The third-order valence-corrected chi connectivity index (χ3v) is 5.77. The first kappa shape index (κ1) is 18.1. The van der Waals surface area contributed by atoms with Gasteiger partial charge in [-0.25, -0.2) is 17.5 Å². The third kappa shape index (κ3) is 4.29. The summed E-state index contributed by atoms with van der Waals surface area (Å²) in [5, 5.41) is 2.98. The van der Waals surface area contributed by atoms with Crippen LogP contribution in [-0.2, 0) is 10.0 Å². The Bertz CT molecular complexity index is 557. The van der Waals surface area contributed by atoms with Crippen LogP contribution in [0.5, 0.6) is 0 Å². The molecule has 0 amide bonds. The maximum Gasteiger partial charge on any atom is 0.243 e. The van der Waals surface area contributed by atoms with E-state index in [0.717, 1.165) is 31.5 Å². The third-order valence-electron chi connectivity index (χ3n) is 2.85. The highest BCUT2D eigenvalue weighted by Crippen LogP contribution is 2.30. The molecule has 0 aliphatic carbocycles. The molecule has 0 bridgehead atoms. The molecule has 9 heteroatoms. The number of sulfonamides is 1. The van der Waals surface area contributed by atoms with E-state index in [1.807, 2.05) is 0 Å². The van der Waals surface area contributed by atoms with E-state index in [1.54, 1.807) is 0 Å². The van der Waals surface area contributed by atoms with Crippen LogP contribution < -0.4 is 10.0 Å². The van der Waals surface area contributed by atoms with Crippen molar-refractivity contribution in [2.24, 2.45) is 0 Å². The fourth-order valence-corrected chi connectivity index (χ4v) is 5.10. The number of piperidine rings is 1. The largest absolute Gasteiger partial charge is 0.315 e. The Morgan fingerprint density at radius 1 is 1.45 bits per heavy atom. The molecule has 2 rings (SSSR count).